The molecule has 0 aliphatic rings. The van der Waals surface area contributed by atoms with Gasteiger partial charge in [0.2, 0.25) is 0 Å². The smallest absolute Gasteiger partial charge is 0.331 e. The van der Waals surface area contributed by atoms with Crippen LogP contribution in [0.5, 0.6) is 0 Å². The Bertz CT molecular complexity index is 778. The van der Waals surface area contributed by atoms with Crippen molar-refractivity contribution in [1.82, 2.24) is 9.13 Å². The second kappa shape index (κ2) is 12.1. The maximum atomic E-state index is 12.6. The Kier molecular flexibility index (Phi) is 10.6. The molecule has 172 valence electrons. The standard InChI is InChI=1S/C24H42N2O4/c1-8-20(6)26-21(27)13-15-25(23(26)29)14-11-9-10-12-16-30-22(28)24(7,19(4)5)17-18(2)3/h13,15,18-20H,8-12,14,16-17H2,1-7H3. The van der Waals surface area contributed by atoms with Crippen molar-refractivity contribution in [3.05, 3.63) is 33.1 Å². The molecular weight excluding hydrogens is 380 g/mol. The molecule has 0 aliphatic heterocycles. The van der Waals surface area contributed by atoms with Crippen LogP contribution in [0.15, 0.2) is 21.9 Å². The van der Waals surface area contributed by atoms with E-state index < -0.39 is 5.41 Å². The van der Waals surface area contributed by atoms with Crippen LogP contribution in [0, 0.1) is 17.3 Å². The summed E-state index contributed by atoms with van der Waals surface area (Å²) in [6.07, 6.45) is 6.72. The highest BCUT2D eigenvalue weighted by atomic mass is 16.5. The van der Waals surface area contributed by atoms with Gasteiger partial charge in [0, 0.05) is 24.8 Å². The Morgan fingerprint density at radius 2 is 1.70 bits per heavy atom. The summed E-state index contributed by atoms with van der Waals surface area (Å²) >= 11 is 0. The van der Waals surface area contributed by atoms with Crippen LogP contribution in [0.4, 0.5) is 0 Å². The Labute approximate surface area is 181 Å². The minimum atomic E-state index is -0.436. The van der Waals surface area contributed by atoms with E-state index in [1.165, 1.54) is 10.6 Å². The van der Waals surface area contributed by atoms with Crippen LogP contribution in [-0.2, 0) is 16.1 Å². The zero-order valence-corrected chi connectivity index (χ0v) is 20.1. The van der Waals surface area contributed by atoms with Crippen LogP contribution in [0.2, 0.25) is 0 Å². The van der Waals surface area contributed by atoms with Crippen molar-refractivity contribution in [2.75, 3.05) is 6.61 Å². The van der Waals surface area contributed by atoms with Gasteiger partial charge in [0.25, 0.3) is 5.56 Å². The topological polar surface area (TPSA) is 70.3 Å². The van der Waals surface area contributed by atoms with Crippen molar-refractivity contribution < 1.29 is 9.53 Å². The van der Waals surface area contributed by atoms with Gasteiger partial charge < -0.3 is 9.30 Å². The first-order valence-corrected chi connectivity index (χ1v) is 11.5. The summed E-state index contributed by atoms with van der Waals surface area (Å²) in [5, 5.41) is 0. The molecule has 30 heavy (non-hydrogen) atoms. The Morgan fingerprint density at radius 1 is 1.07 bits per heavy atom. The second-order valence-corrected chi connectivity index (χ2v) is 9.48. The summed E-state index contributed by atoms with van der Waals surface area (Å²) in [5.41, 5.74) is -0.907. The molecule has 1 aromatic heterocycles. The Balaban J connectivity index is 2.43. The van der Waals surface area contributed by atoms with E-state index in [2.05, 4.69) is 27.7 Å². The minimum absolute atomic E-state index is 0.0925. The van der Waals surface area contributed by atoms with Crippen LogP contribution in [0.25, 0.3) is 0 Å². The third kappa shape index (κ3) is 7.13. The van der Waals surface area contributed by atoms with E-state index in [4.69, 9.17) is 4.74 Å². The average molecular weight is 423 g/mol. The van der Waals surface area contributed by atoms with E-state index in [0.29, 0.717) is 19.1 Å². The summed E-state index contributed by atoms with van der Waals surface area (Å²) < 4.78 is 8.54. The van der Waals surface area contributed by atoms with Gasteiger partial charge in [0.1, 0.15) is 0 Å². The largest absolute Gasteiger partial charge is 0.465 e. The molecule has 0 N–H and O–H groups in total. The molecule has 1 rings (SSSR count). The molecule has 1 aromatic rings. The van der Waals surface area contributed by atoms with Crippen molar-refractivity contribution in [2.45, 2.75) is 99.6 Å². The number of aryl methyl sites for hydroxylation is 1. The fourth-order valence-electron chi connectivity index (χ4n) is 3.76. The number of carbonyl (C=O) groups is 1. The van der Waals surface area contributed by atoms with Gasteiger partial charge in [-0.25, -0.2) is 4.79 Å². The summed E-state index contributed by atoms with van der Waals surface area (Å²) in [6.45, 7) is 15.3. The average Bonchev–Trinajstić information content (AvgIpc) is 2.67. The number of hydrogen-bond donors (Lipinski definition) is 0. The van der Waals surface area contributed by atoms with Crippen molar-refractivity contribution in [2.24, 2.45) is 17.3 Å². The second-order valence-electron chi connectivity index (χ2n) is 9.48. The van der Waals surface area contributed by atoms with E-state index in [9.17, 15) is 14.4 Å². The fourth-order valence-corrected chi connectivity index (χ4v) is 3.76. The van der Waals surface area contributed by atoms with Gasteiger partial charge in [-0.3, -0.25) is 14.2 Å². The lowest BCUT2D eigenvalue weighted by Gasteiger charge is -2.32. The molecule has 0 saturated heterocycles. The molecule has 0 amide bonds. The van der Waals surface area contributed by atoms with Gasteiger partial charge >= 0.3 is 11.7 Å². The van der Waals surface area contributed by atoms with E-state index in [0.717, 1.165) is 38.5 Å². The highest BCUT2D eigenvalue weighted by Gasteiger charge is 2.38. The fraction of sp³-hybridized carbons (Fsp3) is 0.792. The van der Waals surface area contributed by atoms with Gasteiger partial charge in [-0.15, -0.1) is 0 Å². The lowest BCUT2D eigenvalue weighted by molar-refractivity contribution is -0.159. The minimum Gasteiger partial charge on any atom is -0.465 e. The summed E-state index contributed by atoms with van der Waals surface area (Å²) in [5.74, 6) is 0.595. The first-order chi connectivity index (χ1) is 14.0. The van der Waals surface area contributed by atoms with Crippen LogP contribution in [-0.4, -0.2) is 21.7 Å². The molecule has 0 spiro atoms. The molecule has 2 unspecified atom stereocenters. The molecule has 6 heteroatoms. The Morgan fingerprint density at radius 3 is 2.27 bits per heavy atom. The van der Waals surface area contributed by atoms with Gasteiger partial charge in [-0.1, -0.05) is 41.0 Å². The third-order valence-electron chi connectivity index (χ3n) is 6.22. The molecule has 1 heterocycles. The molecule has 6 nitrogen and oxygen atoms in total. The van der Waals surface area contributed by atoms with E-state index >= 15 is 0 Å². The number of carbonyl (C=O) groups excluding carboxylic acids is 1. The number of esters is 1. The maximum absolute atomic E-state index is 12.6. The summed E-state index contributed by atoms with van der Waals surface area (Å²) in [6, 6.07) is 1.37. The zero-order valence-electron chi connectivity index (χ0n) is 20.1. The summed E-state index contributed by atoms with van der Waals surface area (Å²) in [7, 11) is 0. The molecule has 0 fully saturated rings. The first kappa shape index (κ1) is 26.2. The lowest BCUT2D eigenvalue weighted by atomic mass is 9.73. The number of nitrogens with zero attached hydrogens (tertiary/aromatic N) is 2. The summed E-state index contributed by atoms with van der Waals surface area (Å²) in [4.78, 5) is 37.1. The van der Waals surface area contributed by atoms with Crippen LogP contribution < -0.4 is 11.2 Å². The predicted molar refractivity (Wildman–Crippen MR) is 122 cm³/mol. The van der Waals surface area contributed by atoms with Crippen LogP contribution in [0.3, 0.4) is 0 Å². The third-order valence-corrected chi connectivity index (χ3v) is 6.22. The normalized spacial score (nSPS) is 14.7. The molecule has 0 saturated carbocycles. The maximum Gasteiger partial charge on any atom is 0.331 e. The first-order valence-electron chi connectivity index (χ1n) is 11.5. The van der Waals surface area contributed by atoms with Gasteiger partial charge in [-0.2, -0.15) is 0 Å². The molecule has 0 radical (unpaired) electrons. The number of unbranched alkanes of at least 4 members (excludes halogenated alkanes) is 3. The molecular formula is C24H42N2O4. The zero-order chi connectivity index (χ0) is 22.9. The highest BCUT2D eigenvalue weighted by Crippen LogP contribution is 2.35. The Hall–Kier alpha value is -1.85. The van der Waals surface area contributed by atoms with Crippen molar-refractivity contribution in [3.63, 3.8) is 0 Å². The van der Waals surface area contributed by atoms with E-state index in [1.807, 2.05) is 20.8 Å². The number of aromatic nitrogens is 2. The highest BCUT2D eigenvalue weighted by molar-refractivity contribution is 5.76. The van der Waals surface area contributed by atoms with Crippen molar-refractivity contribution >= 4 is 5.97 Å². The number of rotatable bonds is 13. The SMILES string of the molecule is CCC(C)n1c(=O)ccn(CCCCCCOC(=O)C(C)(CC(C)C)C(C)C)c1=O. The number of ether oxygens (including phenoxy) is 1. The number of hydrogen-bond acceptors (Lipinski definition) is 4. The van der Waals surface area contributed by atoms with Crippen molar-refractivity contribution in [1.29, 1.82) is 0 Å². The van der Waals surface area contributed by atoms with E-state index in [-0.39, 0.29) is 29.2 Å². The molecule has 0 aromatic carbocycles. The monoisotopic (exact) mass is 422 g/mol. The van der Waals surface area contributed by atoms with Crippen molar-refractivity contribution in [3.8, 4) is 0 Å². The van der Waals surface area contributed by atoms with Crippen LogP contribution in [0.1, 0.15) is 93.0 Å². The quantitative estimate of drug-likeness (QED) is 0.338. The molecule has 0 bridgehead atoms. The van der Waals surface area contributed by atoms with Gasteiger partial charge in [0.05, 0.1) is 12.0 Å². The lowest BCUT2D eigenvalue weighted by Crippen LogP contribution is -2.40. The predicted octanol–water partition coefficient (Wildman–Crippen LogP) is 4.79. The molecule has 0 aliphatic carbocycles. The van der Waals surface area contributed by atoms with E-state index in [1.54, 1.807) is 10.8 Å². The van der Waals surface area contributed by atoms with Gasteiger partial charge in [-0.05, 0) is 57.8 Å². The van der Waals surface area contributed by atoms with Gasteiger partial charge in [0.15, 0.2) is 0 Å². The molecule has 2 atom stereocenters. The van der Waals surface area contributed by atoms with Crippen LogP contribution >= 0.6 is 0 Å².